The van der Waals surface area contributed by atoms with Crippen molar-refractivity contribution in [2.24, 2.45) is 33.5 Å². The van der Waals surface area contributed by atoms with E-state index >= 15 is 4.79 Å². The van der Waals surface area contributed by atoms with E-state index in [9.17, 15) is 31.8 Å². The average Bonchev–Trinajstić information content (AvgIpc) is 4.01. The number of rotatable bonds is 9. The standard InChI is InChI=1S/C49H47ClF3NO6S2/c1-44-19-16-33(55)26-46(44)22-23-48(36(27-46)43(56)39-15-14-38(60-39)35-25-32(49(51,52)53)12-13-37(35)50)40(44)17-20-45(2)41(48)18-21-47(45,57)29-54(62(58,59)42-11-6-24-61-42)28-31-9-5-8-30-7-3-4-10-34(30)31/h3-15,22-25,27,33,40-41,55,57H,16-21,26,28-29H2,1-2H3/t33?,40-,41-,44-,45+,46+,47-,48-/m1/s1. The van der Waals surface area contributed by atoms with Crippen LogP contribution in [0.15, 0.2) is 123 Å². The second-order valence-electron chi connectivity index (χ2n) is 18.8. The van der Waals surface area contributed by atoms with Crippen LogP contribution in [-0.4, -0.2) is 47.0 Å². The van der Waals surface area contributed by atoms with Gasteiger partial charge in [-0.15, -0.1) is 11.3 Å². The summed E-state index contributed by atoms with van der Waals surface area (Å²) in [4.78, 5) is 15.2. The van der Waals surface area contributed by atoms with Crippen molar-refractivity contribution >= 4 is 49.5 Å². The monoisotopic (exact) mass is 901 g/mol. The number of nitrogens with zero attached hydrogens (tertiary/aromatic N) is 1. The first-order chi connectivity index (χ1) is 29.4. The van der Waals surface area contributed by atoms with Gasteiger partial charge in [0.15, 0.2) is 5.76 Å². The number of hydrogen-bond acceptors (Lipinski definition) is 7. The van der Waals surface area contributed by atoms with Crippen LogP contribution in [-0.2, 0) is 22.7 Å². The van der Waals surface area contributed by atoms with E-state index in [1.165, 1.54) is 16.4 Å². The van der Waals surface area contributed by atoms with Crippen molar-refractivity contribution in [1.82, 2.24) is 4.31 Å². The molecule has 3 fully saturated rings. The molecule has 3 aromatic carbocycles. The molecule has 2 heterocycles. The molecule has 324 valence electrons. The summed E-state index contributed by atoms with van der Waals surface area (Å²) in [5, 5.41) is 28.1. The van der Waals surface area contributed by atoms with Crippen molar-refractivity contribution in [1.29, 1.82) is 0 Å². The van der Waals surface area contributed by atoms with E-state index in [0.29, 0.717) is 44.1 Å². The van der Waals surface area contributed by atoms with Gasteiger partial charge in [-0.2, -0.15) is 17.5 Å². The lowest BCUT2D eigenvalue weighted by Gasteiger charge is -2.71. The number of allylic oxidation sites excluding steroid dienone is 4. The molecule has 2 aromatic heterocycles. The second-order valence-corrected chi connectivity index (χ2v) is 22.4. The van der Waals surface area contributed by atoms with Crippen LogP contribution >= 0.6 is 22.9 Å². The molecule has 0 aliphatic heterocycles. The summed E-state index contributed by atoms with van der Waals surface area (Å²) >= 11 is 7.55. The molecule has 2 bridgehead atoms. The smallest absolute Gasteiger partial charge is 0.416 e. The van der Waals surface area contributed by atoms with E-state index in [1.54, 1.807) is 17.5 Å². The fourth-order valence-electron chi connectivity index (χ4n) is 12.9. The van der Waals surface area contributed by atoms with Crippen molar-refractivity contribution in [3.8, 4) is 11.3 Å². The molecular weight excluding hydrogens is 855 g/mol. The lowest BCUT2D eigenvalue weighted by atomic mass is 9.32. The molecule has 7 nitrogen and oxygen atoms in total. The third-order valence-electron chi connectivity index (χ3n) is 16.1. The van der Waals surface area contributed by atoms with Crippen LogP contribution in [0.5, 0.6) is 0 Å². The Morgan fingerprint density at radius 1 is 0.919 bits per heavy atom. The first-order valence-electron chi connectivity index (χ1n) is 21.2. The van der Waals surface area contributed by atoms with Crippen LogP contribution in [0.4, 0.5) is 13.2 Å². The van der Waals surface area contributed by atoms with Crippen LogP contribution in [0.2, 0.25) is 5.02 Å². The first kappa shape index (κ1) is 41.9. The Morgan fingerprint density at radius 2 is 1.66 bits per heavy atom. The SMILES string of the molecule is C[C@]12CC[C@H]3[C@]4(C=C[C@@]5(C=C4C(=O)c4ccc(-c6cc(C(F)(F)F)ccc6Cl)o4)CC(O)CC[C@]35C)[C@@H]1CC[C@@]2(O)CN(Cc1cccc2ccccc12)S(=O)(=O)c1cccs1. The zero-order valence-electron chi connectivity index (χ0n) is 34.3. The highest BCUT2D eigenvalue weighted by Gasteiger charge is 2.74. The Labute approximate surface area is 368 Å². The minimum atomic E-state index is -4.62. The number of ketones is 1. The predicted octanol–water partition coefficient (Wildman–Crippen LogP) is 11.5. The number of sulfonamides is 1. The maximum atomic E-state index is 15.2. The first-order valence-corrected chi connectivity index (χ1v) is 23.9. The van der Waals surface area contributed by atoms with Crippen molar-refractivity contribution < 1.29 is 41.0 Å². The van der Waals surface area contributed by atoms with E-state index in [-0.39, 0.29) is 56.7 Å². The second kappa shape index (κ2) is 14.2. The molecule has 62 heavy (non-hydrogen) atoms. The van der Waals surface area contributed by atoms with E-state index in [0.717, 1.165) is 52.3 Å². The molecule has 6 aliphatic carbocycles. The zero-order valence-corrected chi connectivity index (χ0v) is 36.7. The predicted molar refractivity (Wildman–Crippen MR) is 233 cm³/mol. The number of halogens is 4. The van der Waals surface area contributed by atoms with Crippen molar-refractivity contribution in [2.45, 2.75) is 87.4 Å². The van der Waals surface area contributed by atoms with Gasteiger partial charge in [0.1, 0.15) is 9.97 Å². The van der Waals surface area contributed by atoms with Gasteiger partial charge in [0, 0.05) is 40.5 Å². The quantitative estimate of drug-likeness (QED) is 0.113. The highest BCUT2D eigenvalue weighted by molar-refractivity contribution is 7.91. The van der Waals surface area contributed by atoms with Crippen LogP contribution in [0, 0.1) is 33.5 Å². The molecule has 1 unspecified atom stereocenters. The van der Waals surface area contributed by atoms with Gasteiger partial charge in [-0.25, -0.2) is 8.42 Å². The van der Waals surface area contributed by atoms with Crippen LogP contribution in [0.3, 0.4) is 0 Å². The van der Waals surface area contributed by atoms with Gasteiger partial charge >= 0.3 is 6.18 Å². The van der Waals surface area contributed by atoms with Crippen LogP contribution in [0.25, 0.3) is 22.1 Å². The van der Waals surface area contributed by atoms with Crippen LogP contribution < -0.4 is 0 Å². The van der Waals surface area contributed by atoms with E-state index in [1.807, 2.05) is 48.5 Å². The number of benzene rings is 3. The molecule has 2 spiro atoms. The van der Waals surface area contributed by atoms with Gasteiger partial charge in [-0.1, -0.05) is 92.2 Å². The van der Waals surface area contributed by atoms with Gasteiger partial charge in [0.25, 0.3) is 10.0 Å². The summed E-state index contributed by atoms with van der Waals surface area (Å²) in [7, 11) is -4.07. The number of Topliss-reactive ketones (excluding diaryl/α,β-unsaturated/α-hetero) is 1. The summed E-state index contributed by atoms with van der Waals surface area (Å²) in [5.41, 5.74) is -3.83. The minimum Gasteiger partial charge on any atom is -0.453 e. The van der Waals surface area contributed by atoms with E-state index in [2.05, 4.69) is 26.0 Å². The van der Waals surface area contributed by atoms with Gasteiger partial charge in [0.2, 0.25) is 5.78 Å². The third kappa shape index (κ3) is 5.99. The number of carbonyl (C=O) groups excluding carboxylic acids is 1. The molecule has 3 saturated carbocycles. The Bertz CT molecular complexity index is 2800. The Hall–Kier alpha value is -4.04. The number of aliphatic hydroxyl groups excluding tert-OH is 1. The highest BCUT2D eigenvalue weighted by atomic mass is 35.5. The normalized spacial score (nSPS) is 32.7. The molecule has 2 N–H and O–H groups in total. The Kier molecular flexibility index (Phi) is 9.63. The van der Waals surface area contributed by atoms with Crippen molar-refractivity contribution in [3.05, 3.63) is 136 Å². The maximum Gasteiger partial charge on any atom is 0.416 e. The molecular formula is C49H47ClF3NO6S2. The lowest BCUT2D eigenvalue weighted by molar-refractivity contribution is -0.174. The molecule has 13 heteroatoms. The van der Waals surface area contributed by atoms with Gasteiger partial charge < -0.3 is 14.6 Å². The molecule has 0 amide bonds. The summed E-state index contributed by atoms with van der Waals surface area (Å²) < 4.78 is 78.4. The van der Waals surface area contributed by atoms with E-state index < -0.39 is 55.5 Å². The largest absolute Gasteiger partial charge is 0.453 e. The van der Waals surface area contributed by atoms with Crippen LogP contribution in [0.1, 0.15) is 80.5 Å². The number of carbonyl (C=O) groups is 1. The fourth-order valence-corrected chi connectivity index (χ4v) is 15.7. The fraction of sp³-hybridized carbons (Fsp3) is 0.408. The minimum absolute atomic E-state index is 0.00819. The number of fused-ring (bicyclic) bond motifs is 2. The summed E-state index contributed by atoms with van der Waals surface area (Å²) in [6.07, 6.45) is 4.98. The highest BCUT2D eigenvalue weighted by Crippen LogP contribution is 2.78. The third-order valence-corrected chi connectivity index (χ3v) is 19.6. The van der Waals surface area contributed by atoms with Crippen molar-refractivity contribution in [3.63, 3.8) is 0 Å². The molecule has 0 saturated heterocycles. The Morgan fingerprint density at radius 3 is 2.44 bits per heavy atom. The topological polar surface area (TPSA) is 108 Å². The summed E-state index contributed by atoms with van der Waals surface area (Å²) in [6, 6.07) is 22.9. The van der Waals surface area contributed by atoms with Gasteiger partial charge in [-0.3, -0.25) is 4.79 Å². The molecule has 6 aliphatic rings. The number of hydrogen-bond donors (Lipinski definition) is 2. The Balaban J connectivity index is 1.06. The van der Waals surface area contributed by atoms with Gasteiger partial charge in [0.05, 0.1) is 22.3 Å². The molecule has 11 rings (SSSR count). The maximum absolute atomic E-state index is 15.2. The summed E-state index contributed by atoms with van der Waals surface area (Å²) in [6.45, 7) is 4.21. The number of aliphatic hydroxyl groups is 2. The molecule has 5 aromatic rings. The number of thiophene rings is 1. The van der Waals surface area contributed by atoms with Crippen molar-refractivity contribution in [2.75, 3.05) is 6.54 Å². The molecule has 8 atom stereocenters. The average molecular weight is 902 g/mol. The number of furan rings is 1. The summed E-state index contributed by atoms with van der Waals surface area (Å²) in [5.74, 6) is -0.803. The lowest BCUT2D eigenvalue weighted by Crippen LogP contribution is -2.67. The number of alkyl halides is 3. The zero-order chi connectivity index (χ0) is 43.7. The van der Waals surface area contributed by atoms with Gasteiger partial charge in [-0.05, 0) is 120 Å². The van der Waals surface area contributed by atoms with E-state index in [4.69, 9.17) is 16.0 Å². The molecule has 0 radical (unpaired) electrons.